The van der Waals surface area contributed by atoms with Gasteiger partial charge in [0.2, 0.25) is 11.5 Å². The van der Waals surface area contributed by atoms with E-state index in [1.807, 2.05) is 37.3 Å². The topological polar surface area (TPSA) is 73.4 Å². The first kappa shape index (κ1) is 17.5. The number of carbonyl (C=O) groups is 1. The monoisotopic (exact) mass is 352 g/mol. The van der Waals surface area contributed by atoms with Crippen LogP contribution in [0.25, 0.3) is 11.3 Å². The van der Waals surface area contributed by atoms with E-state index >= 15 is 0 Å². The van der Waals surface area contributed by atoms with Crippen LogP contribution in [-0.4, -0.2) is 37.1 Å². The van der Waals surface area contributed by atoms with Crippen LogP contribution in [0.4, 0.5) is 0 Å². The molecule has 0 fully saturated rings. The maximum atomic E-state index is 12.9. The Hall–Kier alpha value is -3.28. The lowest BCUT2D eigenvalue weighted by Gasteiger charge is -2.13. The van der Waals surface area contributed by atoms with E-state index in [0.29, 0.717) is 22.8 Å². The quantitative estimate of drug-likeness (QED) is 0.686. The maximum Gasteiger partial charge on any atom is 0.228 e. The number of ketones is 1. The van der Waals surface area contributed by atoms with Crippen molar-refractivity contribution in [1.82, 2.24) is 9.97 Å². The van der Waals surface area contributed by atoms with E-state index in [4.69, 9.17) is 14.2 Å². The second kappa shape index (κ2) is 7.31. The minimum absolute atomic E-state index is 0.255. The maximum absolute atomic E-state index is 12.9. The summed E-state index contributed by atoms with van der Waals surface area (Å²) in [5, 5.41) is 0. The Labute approximate surface area is 151 Å². The highest BCUT2D eigenvalue weighted by molar-refractivity contribution is 6.07. The third-order valence-corrected chi connectivity index (χ3v) is 4.07. The lowest BCUT2D eigenvalue weighted by atomic mass is 10.1. The van der Waals surface area contributed by atoms with E-state index in [9.17, 15) is 4.79 Å². The summed E-state index contributed by atoms with van der Waals surface area (Å²) in [4.78, 5) is 20.5. The summed E-state index contributed by atoms with van der Waals surface area (Å²) in [5.41, 5.74) is 2.92. The molecule has 0 saturated carbocycles. The summed E-state index contributed by atoms with van der Waals surface area (Å²) in [6.07, 6.45) is 0. The number of rotatable bonds is 6. The lowest BCUT2D eigenvalue weighted by molar-refractivity contribution is 0.102. The van der Waals surface area contributed by atoms with E-state index in [2.05, 4.69) is 9.97 Å². The summed E-state index contributed by atoms with van der Waals surface area (Å²) < 4.78 is 15.9. The highest BCUT2D eigenvalue weighted by atomic mass is 16.5. The number of ether oxygens (including phenoxy) is 3. The van der Waals surface area contributed by atoms with Gasteiger partial charge in [-0.15, -0.1) is 0 Å². The molecule has 1 N–H and O–H groups in total. The van der Waals surface area contributed by atoms with Crippen LogP contribution in [0.2, 0.25) is 0 Å². The summed E-state index contributed by atoms with van der Waals surface area (Å²) >= 11 is 0. The number of hydrogen-bond acceptors (Lipinski definition) is 5. The van der Waals surface area contributed by atoms with Crippen LogP contribution in [0, 0.1) is 6.92 Å². The van der Waals surface area contributed by atoms with Crippen LogP contribution in [0.15, 0.2) is 42.5 Å². The van der Waals surface area contributed by atoms with Gasteiger partial charge in [-0.3, -0.25) is 4.79 Å². The zero-order valence-electron chi connectivity index (χ0n) is 15.1. The van der Waals surface area contributed by atoms with Crippen molar-refractivity contribution in [3.05, 3.63) is 59.5 Å². The van der Waals surface area contributed by atoms with Crippen molar-refractivity contribution in [3.8, 4) is 28.5 Å². The molecule has 0 aliphatic carbocycles. The minimum Gasteiger partial charge on any atom is -0.493 e. The third kappa shape index (κ3) is 3.13. The molecule has 0 spiro atoms. The molecule has 3 aromatic rings. The number of H-pyrrole nitrogens is 1. The van der Waals surface area contributed by atoms with Gasteiger partial charge in [-0.2, -0.15) is 0 Å². The van der Waals surface area contributed by atoms with Crippen molar-refractivity contribution in [2.45, 2.75) is 6.92 Å². The Morgan fingerprint density at radius 3 is 2.12 bits per heavy atom. The fraction of sp³-hybridized carbons (Fsp3) is 0.200. The smallest absolute Gasteiger partial charge is 0.228 e. The number of nitrogens with one attached hydrogen (secondary N) is 1. The predicted molar refractivity (Wildman–Crippen MR) is 98.3 cm³/mol. The number of aromatic nitrogens is 2. The van der Waals surface area contributed by atoms with E-state index in [0.717, 1.165) is 17.0 Å². The van der Waals surface area contributed by atoms with Crippen molar-refractivity contribution >= 4 is 5.78 Å². The van der Waals surface area contributed by atoms with Gasteiger partial charge in [0.05, 0.1) is 27.0 Å². The van der Waals surface area contributed by atoms with Crippen LogP contribution in [0.5, 0.6) is 17.2 Å². The highest BCUT2D eigenvalue weighted by Crippen LogP contribution is 2.38. The molecule has 3 rings (SSSR count). The molecule has 0 amide bonds. The molecule has 0 aliphatic heterocycles. The standard InChI is InChI=1S/C20H20N2O4/c1-12-17(13-8-6-5-7-9-13)22-20(21-12)18(23)14-10-15(24-2)19(26-4)16(11-14)25-3/h5-11H,1-4H3,(H,21,22). The van der Waals surface area contributed by atoms with Gasteiger partial charge in [-0.1, -0.05) is 30.3 Å². The highest BCUT2D eigenvalue weighted by Gasteiger charge is 2.21. The first-order valence-corrected chi connectivity index (χ1v) is 8.05. The number of hydrogen-bond donors (Lipinski definition) is 1. The average Bonchev–Trinajstić information content (AvgIpc) is 3.08. The summed E-state index contributed by atoms with van der Waals surface area (Å²) in [6.45, 7) is 1.89. The van der Waals surface area contributed by atoms with Crippen LogP contribution in [-0.2, 0) is 0 Å². The van der Waals surface area contributed by atoms with Crippen LogP contribution in [0.1, 0.15) is 21.9 Å². The van der Waals surface area contributed by atoms with Crippen molar-refractivity contribution in [2.24, 2.45) is 0 Å². The lowest BCUT2D eigenvalue weighted by Crippen LogP contribution is -2.06. The number of nitrogens with zero attached hydrogens (tertiary/aromatic N) is 1. The average molecular weight is 352 g/mol. The Balaban J connectivity index is 2.03. The zero-order chi connectivity index (χ0) is 18.7. The molecule has 2 aromatic carbocycles. The summed E-state index contributed by atoms with van der Waals surface area (Å²) in [7, 11) is 4.54. The van der Waals surface area contributed by atoms with Gasteiger partial charge in [-0.05, 0) is 19.1 Å². The Morgan fingerprint density at radius 2 is 1.58 bits per heavy atom. The Morgan fingerprint density at radius 1 is 0.962 bits per heavy atom. The number of aryl methyl sites for hydroxylation is 1. The Bertz CT molecular complexity index is 907. The molecule has 6 nitrogen and oxygen atoms in total. The van der Waals surface area contributed by atoms with Gasteiger partial charge < -0.3 is 19.2 Å². The van der Waals surface area contributed by atoms with Crippen molar-refractivity contribution < 1.29 is 19.0 Å². The van der Waals surface area contributed by atoms with E-state index in [-0.39, 0.29) is 11.6 Å². The van der Waals surface area contributed by atoms with Crippen molar-refractivity contribution in [2.75, 3.05) is 21.3 Å². The number of aromatic amines is 1. The zero-order valence-corrected chi connectivity index (χ0v) is 15.1. The molecule has 134 valence electrons. The van der Waals surface area contributed by atoms with Crippen molar-refractivity contribution in [1.29, 1.82) is 0 Å². The van der Waals surface area contributed by atoms with Gasteiger partial charge in [0.15, 0.2) is 17.3 Å². The SMILES string of the molecule is COc1cc(C(=O)c2nc(-c3ccccc3)c(C)[nH]2)cc(OC)c1OC. The van der Waals surface area contributed by atoms with E-state index in [1.54, 1.807) is 12.1 Å². The second-order valence-electron chi connectivity index (χ2n) is 5.67. The van der Waals surface area contributed by atoms with Gasteiger partial charge in [0.25, 0.3) is 0 Å². The molecular weight excluding hydrogens is 332 g/mol. The molecule has 0 aliphatic rings. The summed E-state index contributed by atoms with van der Waals surface area (Å²) in [5.74, 6) is 1.28. The number of carbonyl (C=O) groups excluding carboxylic acids is 1. The van der Waals surface area contributed by atoms with Gasteiger partial charge in [-0.25, -0.2) is 4.98 Å². The first-order valence-electron chi connectivity index (χ1n) is 8.05. The molecule has 0 bridgehead atoms. The fourth-order valence-corrected chi connectivity index (χ4v) is 2.79. The molecule has 0 radical (unpaired) electrons. The van der Waals surface area contributed by atoms with Crippen molar-refractivity contribution in [3.63, 3.8) is 0 Å². The third-order valence-electron chi connectivity index (χ3n) is 4.07. The van der Waals surface area contributed by atoms with Crippen LogP contribution >= 0.6 is 0 Å². The molecule has 26 heavy (non-hydrogen) atoms. The molecule has 1 aromatic heterocycles. The molecule has 1 heterocycles. The fourth-order valence-electron chi connectivity index (χ4n) is 2.79. The molecule has 0 unspecified atom stereocenters. The molecular formula is C20H20N2O4. The number of benzene rings is 2. The molecule has 0 atom stereocenters. The number of imidazole rings is 1. The van der Waals surface area contributed by atoms with Gasteiger partial charge >= 0.3 is 0 Å². The number of methoxy groups -OCH3 is 3. The van der Waals surface area contributed by atoms with E-state index < -0.39 is 0 Å². The second-order valence-corrected chi connectivity index (χ2v) is 5.67. The Kier molecular flexibility index (Phi) is 4.93. The van der Waals surface area contributed by atoms with Crippen LogP contribution in [0.3, 0.4) is 0 Å². The largest absolute Gasteiger partial charge is 0.493 e. The summed E-state index contributed by atoms with van der Waals surface area (Å²) in [6, 6.07) is 12.9. The van der Waals surface area contributed by atoms with Crippen LogP contribution < -0.4 is 14.2 Å². The van der Waals surface area contributed by atoms with Gasteiger partial charge in [0.1, 0.15) is 0 Å². The molecule has 6 heteroatoms. The van der Waals surface area contributed by atoms with E-state index in [1.165, 1.54) is 21.3 Å². The van der Waals surface area contributed by atoms with Gasteiger partial charge in [0, 0.05) is 16.8 Å². The predicted octanol–water partition coefficient (Wildman–Crippen LogP) is 3.64. The molecule has 0 saturated heterocycles. The normalized spacial score (nSPS) is 10.5. The minimum atomic E-state index is -0.255. The first-order chi connectivity index (χ1) is 12.6.